The maximum Gasteiger partial charge on any atom is 0.306 e. The Hall–Kier alpha value is -1.59. The van der Waals surface area contributed by atoms with Crippen molar-refractivity contribution in [1.82, 2.24) is 0 Å². The van der Waals surface area contributed by atoms with E-state index in [0.717, 1.165) is 69.6 Å². The van der Waals surface area contributed by atoms with Crippen molar-refractivity contribution in [3.05, 3.63) is 0 Å². The summed E-state index contributed by atoms with van der Waals surface area (Å²) in [4.78, 5) is 38.0. The van der Waals surface area contributed by atoms with Gasteiger partial charge in [0.1, 0.15) is 13.2 Å². The van der Waals surface area contributed by atoms with Gasteiger partial charge in [0.15, 0.2) is 6.10 Å². The van der Waals surface area contributed by atoms with E-state index in [-0.39, 0.29) is 31.1 Å². The fraction of sp³-hybridized carbons (Fsp3) is 0.947. The fourth-order valence-corrected chi connectivity index (χ4v) is 8.63. The molecule has 0 heterocycles. The van der Waals surface area contributed by atoms with Crippen molar-refractivity contribution in [3.8, 4) is 0 Å². The first-order valence-corrected chi connectivity index (χ1v) is 28.3. The molecular weight excluding hydrogens is 781 g/mol. The number of rotatable bonds is 51. The molecule has 0 aliphatic rings. The highest BCUT2D eigenvalue weighted by Gasteiger charge is 2.19. The zero-order chi connectivity index (χ0) is 46.1. The topological polar surface area (TPSA) is 78.9 Å². The lowest BCUT2D eigenvalue weighted by Gasteiger charge is -2.18. The summed E-state index contributed by atoms with van der Waals surface area (Å²) in [7, 11) is 0. The molecular formula is C57H110O6. The molecule has 0 amide bonds. The molecule has 0 bridgehead atoms. The zero-order valence-electron chi connectivity index (χ0n) is 43.2. The Balaban J connectivity index is 4.23. The van der Waals surface area contributed by atoms with Crippen LogP contribution in [-0.2, 0) is 28.6 Å². The fourth-order valence-electron chi connectivity index (χ4n) is 8.63. The Morgan fingerprint density at radius 2 is 0.556 bits per heavy atom. The van der Waals surface area contributed by atoms with Gasteiger partial charge in [-0.3, -0.25) is 14.4 Å². The van der Waals surface area contributed by atoms with Gasteiger partial charge in [-0.2, -0.15) is 0 Å². The van der Waals surface area contributed by atoms with E-state index in [2.05, 4.69) is 34.6 Å². The van der Waals surface area contributed by atoms with Crippen LogP contribution >= 0.6 is 0 Å². The van der Waals surface area contributed by atoms with Crippen LogP contribution in [0, 0.1) is 11.8 Å². The zero-order valence-corrected chi connectivity index (χ0v) is 43.2. The second-order valence-electron chi connectivity index (χ2n) is 20.1. The predicted octanol–water partition coefficient (Wildman–Crippen LogP) is 18.5. The van der Waals surface area contributed by atoms with Gasteiger partial charge in [-0.15, -0.1) is 0 Å². The van der Waals surface area contributed by atoms with Gasteiger partial charge in [-0.05, 0) is 31.1 Å². The Morgan fingerprint density at radius 1 is 0.317 bits per heavy atom. The lowest BCUT2D eigenvalue weighted by atomic mass is 9.99. The molecule has 0 rings (SSSR count). The van der Waals surface area contributed by atoms with Crippen LogP contribution in [0.1, 0.15) is 317 Å². The third-order valence-electron chi connectivity index (χ3n) is 13.7. The standard InChI is InChI=1S/C57H110O6/c1-6-9-10-11-12-13-14-15-16-17-18-22-25-28-31-37-42-47-55(58)61-50-54(63-57(60)49-44-39-34-33-36-41-46-53(5)8-3)51-62-56(59)48-43-38-32-29-26-23-20-19-21-24-27-30-35-40-45-52(4)7-2/h52-54H,6-51H2,1-5H3/t52?,53?,54-/m0/s1. The van der Waals surface area contributed by atoms with Crippen molar-refractivity contribution in [1.29, 1.82) is 0 Å². The third-order valence-corrected chi connectivity index (χ3v) is 13.7. The first-order valence-electron chi connectivity index (χ1n) is 28.3. The molecule has 0 saturated carbocycles. The Morgan fingerprint density at radius 3 is 0.825 bits per heavy atom. The average molecular weight is 892 g/mol. The highest BCUT2D eigenvalue weighted by Crippen LogP contribution is 2.19. The van der Waals surface area contributed by atoms with Gasteiger partial charge in [0.25, 0.3) is 0 Å². The van der Waals surface area contributed by atoms with Crippen LogP contribution in [0.3, 0.4) is 0 Å². The van der Waals surface area contributed by atoms with E-state index in [4.69, 9.17) is 14.2 Å². The van der Waals surface area contributed by atoms with Gasteiger partial charge in [0, 0.05) is 19.3 Å². The van der Waals surface area contributed by atoms with Crippen LogP contribution in [0.15, 0.2) is 0 Å². The smallest absolute Gasteiger partial charge is 0.306 e. The van der Waals surface area contributed by atoms with E-state index in [9.17, 15) is 14.4 Å². The summed E-state index contributed by atoms with van der Waals surface area (Å²) in [6.45, 7) is 11.4. The number of carbonyl (C=O) groups excluding carboxylic acids is 3. The van der Waals surface area contributed by atoms with E-state index < -0.39 is 6.10 Å². The van der Waals surface area contributed by atoms with Gasteiger partial charge in [-0.1, -0.05) is 279 Å². The lowest BCUT2D eigenvalue weighted by molar-refractivity contribution is -0.167. The minimum Gasteiger partial charge on any atom is -0.462 e. The number of unbranched alkanes of at least 4 members (excludes halogenated alkanes) is 34. The molecule has 0 fully saturated rings. The number of hydrogen-bond acceptors (Lipinski definition) is 6. The van der Waals surface area contributed by atoms with Crippen LogP contribution in [0.4, 0.5) is 0 Å². The summed E-state index contributed by atoms with van der Waals surface area (Å²) < 4.78 is 16.9. The van der Waals surface area contributed by atoms with Crippen molar-refractivity contribution < 1.29 is 28.6 Å². The summed E-state index contributed by atoms with van der Waals surface area (Å²) in [6.07, 6.45) is 52.3. The van der Waals surface area contributed by atoms with Crippen LogP contribution in [-0.4, -0.2) is 37.2 Å². The minimum absolute atomic E-state index is 0.0640. The number of carbonyl (C=O) groups is 3. The maximum atomic E-state index is 12.8. The SMILES string of the molecule is CCCCCCCCCCCCCCCCCCCC(=O)OC[C@@H](COC(=O)CCCCCCCCCCCCCCCCC(C)CC)OC(=O)CCCCCCCCC(C)CC. The second-order valence-corrected chi connectivity index (χ2v) is 20.1. The highest BCUT2D eigenvalue weighted by molar-refractivity contribution is 5.71. The lowest BCUT2D eigenvalue weighted by Crippen LogP contribution is -2.30. The van der Waals surface area contributed by atoms with Crippen molar-refractivity contribution >= 4 is 17.9 Å². The summed E-state index contributed by atoms with van der Waals surface area (Å²) in [5.41, 5.74) is 0. The largest absolute Gasteiger partial charge is 0.462 e. The summed E-state index contributed by atoms with van der Waals surface area (Å²) in [6, 6.07) is 0. The molecule has 0 saturated heterocycles. The molecule has 0 aliphatic carbocycles. The molecule has 6 heteroatoms. The van der Waals surface area contributed by atoms with Crippen molar-refractivity contribution in [2.75, 3.05) is 13.2 Å². The Kier molecular flexibility index (Phi) is 48.6. The molecule has 0 aliphatic heterocycles. The average Bonchev–Trinajstić information content (AvgIpc) is 3.28. The van der Waals surface area contributed by atoms with E-state index in [1.807, 2.05) is 0 Å². The molecule has 63 heavy (non-hydrogen) atoms. The molecule has 0 aromatic heterocycles. The van der Waals surface area contributed by atoms with E-state index in [1.54, 1.807) is 0 Å². The second kappa shape index (κ2) is 49.8. The molecule has 0 N–H and O–H groups in total. The Bertz CT molecular complexity index is 966. The van der Waals surface area contributed by atoms with Gasteiger partial charge >= 0.3 is 17.9 Å². The summed E-state index contributed by atoms with van der Waals surface area (Å²) in [5.74, 6) is 0.860. The van der Waals surface area contributed by atoms with E-state index in [0.29, 0.717) is 19.3 Å². The van der Waals surface area contributed by atoms with Crippen LogP contribution in [0.2, 0.25) is 0 Å². The van der Waals surface area contributed by atoms with Crippen LogP contribution in [0.5, 0.6) is 0 Å². The minimum atomic E-state index is -0.763. The highest BCUT2D eigenvalue weighted by atomic mass is 16.6. The van der Waals surface area contributed by atoms with Crippen molar-refractivity contribution in [3.63, 3.8) is 0 Å². The van der Waals surface area contributed by atoms with Crippen molar-refractivity contribution in [2.24, 2.45) is 11.8 Å². The quantitative estimate of drug-likeness (QED) is 0.0344. The molecule has 2 unspecified atom stereocenters. The molecule has 3 atom stereocenters. The van der Waals surface area contributed by atoms with Gasteiger partial charge in [-0.25, -0.2) is 0 Å². The van der Waals surface area contributed by atoms with E-state index >= 15 is 0 Å². The summed E-state index contributed by atoms with van der Waals surface area (Å²) >= 11 is 0. The van der Waals surface area contributed by atoms with Gasteiger partial charge in [0.2, 0.25) is 0 Å². The number of hydrogen-bond donors (Lipinski definition) is 0. The third kappa shape index (κ3) is 48.2. The van der Waals surface area contributed by atoms with Crippen LogP contribution in [0.25, 0.3) is 0 Å². The molecule has 0 spiro atoms. The molecule has 374 valence electrons. The molecule has 0 radical (unpaired) electrons. The first-order chi connectivity index (χ1) is 30.8. The predicted molar refractivity (Wildman–Crippen MR) is 270 cm³/mol. The number of ether oxygens (including phenoxy) is 3. The summed E-state index contributed by atoms with van der Waals surface area (Å²) in [5, 5.41) is 0. The molecule has 0 aromatic carbocycles. The maximum absolute atomic E-state index is 12.8. The Labute approximate surface area is 393 Å². The normalized spacial score (nSPS) is 12.9. The van der Waals surface area contributed by atoms with Crippen LogP contribution < -0.4 is 0 Å². The van der Waals surface area contributed by atoms with Crippen molar-refractivity contribution in [2.45, 2.75) is 323 Å². The molecule has 0 aromatic rings. The first kappa shape index (κ1) is 61.4. The monoisotopic (exact) mass is 891 g/mol. The van der Waals surface area contributed by atoms with Gasteiger partial charge < -0.3 is 14.2 Å². The van der Waals surface area contributed by atoms with E-state index in [1.165, 1.54) is 205 Å². The molecule has 6 nitrogen and oxygen atoms in total. The number of esters is 3. The van der Waals surface area contributed by atoms with Gasteiger partial charge in [0.05, 0.1) is 0 Å².